The van der Waals surface area contributed by atoms with E-state index in [1.54, 1.807) is 18.7 Å². The normalized spacial score (nSPS) is 27.2. The van der Waals surface area contributed by atoms with E-state index in [1.165, 1.54) is 4.90 Å². The molecule has 7 N–H and O–H groups in total. The van der Waals surface area contributed by atoms with Gasteiger partial charge in [0.25, 0.3) is 0 Å². The van der Waals surface area contributed by atoms with Crippen LogP contribution in [0.3, 0.4) is 0 Å². The van der Waals surface area contributed by atoms with E-state index in [9.17, 15) is 43.2 Å². The molecule has 0 bridgehead atoms. The Balaban J connectivity index is 1.51. The van der Waals surface area contributed by atoms with Crippen LogP contribution in [0.1, 0.15) is 157 Å². The fraction of sp³-hybridized carbons (Fsp3) is 0.656. The van der Waals surface area contributed by atoms with Gasteiger partial charge in [-0.15, -0.1) is 0 Å². The molecule has 436 valence electrons. The molecule has 3 fully saturated rings. The van der Waals surface area contributed by atoms with Crippen LogP contribution in [0.2, 0.25) is 0 Å². The van der Waals surface area contributed by atoms with Crippen molar-refractivity contribution in [2.75, 3.05) is 13.1 Å². The maximum atomic E-state index is 14.7. The Morgan fingerprint density at radius 3 is 1.34 bits per heavy atom. The van der Waals surface area contributed by atoms with Crippen molar-refractivity contribution in [2.45, 2.75) is 214 Å². The van der Waals surface area contributed by atoms with E-state index in [-0.39, 0.29) is 74.6 Å². The Labute approximate surface area is 469 Å². The van der Waals surface area contributed by atoms with Gasteiger partial charge in [-0.3, -0.25) is 43.2 Å². The quantitative estimate of drug-likeness (QED) is 0.138. The van der Waals surface area contributed by atoms with Crippen LogP contribution in [-0.2, 0) is 56.0 Å². The zero-order valence-corrected chi connectivity index (χ0v) is 48.7. The van der Waals surface area contributed by atoms with Gasteiger partial charge in [-0.1, -0.05) is 143 Å². The molecule has 2 aromatic carbocycles. The third-order valence-corrected chi connectivity index (χ3v) is 16.0. The van der Waals surface area contributed by atoms with E-state index in [0.717, 1.165) is 11.1 Å². The van der Waals surface area contributed by atoms with Gasteiger partial charge in [0.15, 0.2) is 0 Å². The number of nitrogens with one attached hydrogen (secondary N) is 7. The molecule has 0 spiro atoms. The van der Waals surface area contributed by atoms with Crippen LogP contribution in [0, 0.1) is 29.6 Å². The zero-order valence-electron chi connectivity index (χ0n) is 48.7. The van der Waals surface area contributed by atoms with E-state index >= 15 is 0 Å². The topological polar surface area (TPSA) is 244 Å². The number of hydrogen-bond acceptors (Lipinski definition) is 9. The molecule has 0 aliphatic carbocycles. The van der Waals surface area contributed by atoms with Crippen LogP contribution < -0.4 is 37.2 Å². The van der Waals surface area contributed by atoms with Gasteiger partial charge in [-0.05, 0) is 105 Å². The molecular formula is C61H93N9O9. The van der Waals surface area contributed by atoms with Gasteiger partial charge >= 0.3 is 0 Å². The molecule has 18 heteroatoms. The van der Waals surface area contributed by atoms with E-state index in [0.29, 0.717) is 57.9 Å². The molecule has 9 amide bonds. The predicted octanol–water partition coefficient (Wildman–Crippen LogP) is 5.26. The molecule has 79 heavy (non-hydrogen) atoms. The number of rotatable bonds is 13. The Morgan fingerprint density at radius 2 is 0.861 bits per heavy atom. The molecule has 18 nitrogen and oxygen atoms in total. The van der Waals surface area contributed by atoms with Gasteiger partial charge in [0, 0.05) is 38.0 Å². The van der Waals surface area contributed by atoms with Crippen molar-refractivity contribution in [1.29, 1.82) is 0 Å². The number of fused-ring (bicyclic) bond motifs is 2. The Bertz CT molecular complexity index is 2370. The minimum absolute atomic E-state index is 0.0232. The SMILES string of the molecule is CC[C@H](C)[C@@H]1NC(=O)[C@H](CC(C)C)NC(=O)CC[C@H](Cc2ccccc2)NC(=O)CC[C@H](Cc2ccccc2)NC(=O)[C@@H]2CCCN2C(=O)[C@@H]2CCCN2C(=O)[C@H](C(C)C)NC(=O)[C@H](CC(C)C)NC(=O)[C@H]([C@@H](C)CC)NC1=O. The molecule has 0 radical (unpaired) electrons. The second-order valence-electron chi connectivity index (χ2n) is 23.7. The first kappa shape index (κ1) is 63.5. The summed E-state index contributed by atoms with van der Waals surface area (Å²) in [6.07, 6.45) is 4.79. The van der Waals surface area contributed by atoms with Crippen molar-refractivity contribution < 1.29 is 43.2 Å². The Morgan fingerprint density at radius 1 is 0.443 bits per heavy atom. The van der Waals surface area contributed by atoms with Gasteiger partial charge in [0.2, 0.25) is 53.2 Å². The number of nitrogens with zero attached hydrogens (tertiary/aromatic N) is 2. The van der Waals surface area contributed by atoms with Crippen LogP contribution >= 0.6 is 0 Å². The summed E-state index contributed by atoms with van der Waals surface area (Å²) in [5, 5.41) is 21.0. The molecule has 0 saturated carbocycles. The number of hydrogen-bond donors (Lipinski definition) is 7. The van der Waals surface area contributed by atoms with Crippen LogP contribution in [0.4, 0.5) is 0 Å². The maximum Gasteiger partial charge on any atom is 0.246 e. The van der Waals surface area contributed by atoms with Gasteiger partial charge in [-0.2, -0.15) is 0 Å². The van der Waals surface area contributed by atoms with Crippen molar-refractivity contribution >= 4 is 53.2 Å². The molecule has 2 aromatic rings. The van der Waals surface area contributed by atoms with Crippen molar-refractivity contribution in [3.63, 3.8) is 0 Å². The Hall–Kier alpha value is -6.33. The van der Waals surface area contributed by atoms with Crippen LogP contribution in [0.25, 0.3) is 0 Å². The summed E-state index contributed by atoms with van der Waals surface area (Å²) < 4.78 is 0. The highest BCUT2D eigenvalue weighted by Crippen LogP contribution is 2.27. The number of benzene rings is 2. The first-order valence-corrected chi connectivity index (χ1v) is 29.4. The third-order valence-electron chi connectivity index (χ3n) is 16.0. The largest absolute Gasteiger partial charge is 0.353 e. The van der Waals surface area contributed by atoms with E-state index in [1.807, 2.05) is 116 Å². The van der Waals surface area contributed by atoms with Gasteiger partial charge in [-0.25, -0.2) is 0 Å². The fourth-order valence-corrected chi connectivity index (χ4v) is 11.0. The molecular weight excluding hydrogens is 1000 g/mol. The molecule has 3 aliphatic rings. The lowest BCUT2D eigenvalue weighted by Crippen LogP contribution is -2.62. The summed E-state index contributed by atoms with van der Waals surface area (Å²) in [5.41, 5.74) is 1.91. The minimum atomic E-state index is -1.12. The fourth-order valence-electron chi connectivity index (χ4n) is 11.0. The average Bonchev–Trinajstić information content (AvgIpc) is 4.17. The summed E-state index contributed by atoms with van der Waals surface area (Å²) in [7, 11) is 0. The maximum absolute atomic E-state index is 14.7. The first-order chi connectivity index (χ1) is 37.6. The van der Waals surface area contributed by atoms with Crippen molar-refractivity contribution in [3.8, 4) is 0 Å². The number of carbonyl (C=O) groups is 9. The molecule has 0 unspecified atom stereocenters. The van der Waals surface area contributed by atoms with Crippen LogP contribution in [0.15, 0.2) is 60.7 Å². The van der Waals surface area contributed by atoms with E-state index in [4.69, 9.17) is 0 Å². The van der Waals surface area contributed by atoms with Crippen LogP contribution in [-0.4, -0.2) is 130 Å². The zero-order chi connectivity index (χ0) is 57.9. The summed E-state index contributed by atoms with van der Waals surface area (Å²) in [4.78, 5) is 133. The second kappa shape index (κ2) is 30.9. The van der Waals surface area contributed by atoms with Gasteiger partial charge < -0.3 is 47.0 Å². The Kier molecular flexibility index (Phi) is 24.8. The smallest absolute Gasteiger partial charge is 0.246 e. The molecule has 5 rings (SSSR count). The summed E-state index contributed by atoms with van der Waals surface area (Å²) >= 11 is 0. The second-order valence-corrected chi connectivity index (χ2v) is 23.7. The third kappa shape index (κ3) is 18.9. The molecule has 3 aliphatic heterocycles. The van der Waals surface area contributed by atoms with Crippen LogP contribution in [0.5, 0.6) is 0 Å². The first-order valence-electron chi connectivity index (χ1n) is 29.4. The van der Waals surface area contributed by atoms with Gasteiger partial charge in [0.1, 0.15) is 42.3 Å². The lowest BCUT2D eigenvalue weighted by Gasteiger charge is -2.35. The molecule has 11 atom stereocenters. The molecule has 0 aromatic heterocycles. The van der Waals surface area contributed by atoms with E-state index < -0.39 is 108 Å². The molecule has 3 saturated heterocycles. The summed E-state index contributed by atoms with van der Waals surface area (Å²) in [6, 6.07) is 11.3. The summed E-state index contributed by atoms with van der Waals surface area (Å²) in [6.45, 7) is 19.3. The van der Waals surface area contributed by atoms with Crippen molar-refractivity contribution in [2.24, 2.45) is 29.6 Å². The lowest BCUT2D eigenvalue weighted by molar-refractivity contribution is -0.148. The van der Waals surface area contributed by atoms with Crippen molar-refractivity contribution in [3.05, 3.63) is 71.8 Å². The van der Waals surface area contributed by atoms with Gasteiger partial charge in [0.05, 0.1) is 0 Å². The highest BCUT2D eigenvalue weighted by Gasteiger charge is 2.45. The molecule has 3 heterocycles. The minimum Gasteiger partial charge on any atom is -0.353 e. The standard InChI is InChI=1S/C61H93N9O9/c1-11-40(9)53-58(76)65-47(34-38(5)6)56(74)66-52(39(7)8)61(79)70-32-20-26-49(70)60(78)69-31-19-25-48(69)57(75)63-45(36-43-23-17-14-18-24-43)28-29-50(71)62-44(35-42-21-15-13-16-22-42)27-30-51(72)64-46(33-37(3)4)55(73)67-54(41(10)12-2)59(77)68-53/h13-18,21-24,37-41,44-49,52-54H,11-12,19-20,25-36H2,1-10H3,(H,62,71)(H,63,75)(H,64,72)(H,65,76)(H,66,74)(H,67,73)(H,68,77)/t40-,41-,44+,45+,46-,47-,48-,49-,52-,53-,54-/m0/s1. The highest BCUT2D eigenvalue weighted by molar-refractivity contribution is 5.98. The predicted molar refractivity (Wildman–Crippen MR) is 304 cm³/mol. The lowest BCUT2D eigenvalue weighted by atomic mass is 9.93. The highest BCUT2D eigenvalue weighted by atomic mass is 16.2. The average molecular weight is 1100 g/mol. The van der Waals surface area contributed by atoms with E-state index in [2.05, 4.69) is 37.2 Å². The number of carbonyl (C=O) groups excluding carboxylic acids is 9. The monoisotopic (exact) mass is 1100 g/mol. The van der Waals surface area contributed by atoms with Crippen molar-refractivity contribution in [1.82, 2.24) is 47.0 Å². The number of amides is 9. The summed E-state index contributed by atoms with van der Waals surface area (Å²) in [5.74, 6) is -5.44.